The van der Waals surface area contributed by atoms with Gasteiger partial charge in [0.05, 0.1) is 17.7 Å². The van der Waals surface area contributed by atoms with Gasteiger partial charge in [0.1, 0.15) is 18.3 Å². The number of sulfonamides is 1. The summed E-state index contributed by atoms with van der Waals surface area (Å²) in [4.78, 5) is 27.6. The number of carbonyl (C=O) groups excluding carboxylic acids is 2. The van der Waals surface area contributed by atoms with Crippen LogP contribution in [0.25, 0.3) is 0 Å². The molecule has 37 heavy (non-hydrogen) atoms. The van der Waals surface area contributed by atoms with Gasteiger partial charge in [-0.3, -0.25) is 13.9 Å². The van der Waals surface area contributed by atoms with E-state index in [1.165, 1.54) is 49.4 Å². The third-order valence-corrected chi connectivity index (χ3v) is 8.19. The number of halogens is 2. The molecule has 1 N–H and O–H groups in total. The quantitative estimate of drug-likeness (QED) is 0.367. The summed E-state index contributed by atoms with van der Waals surface area (Å²) < 4.78 is 34.4. The molecule has 0 fully saturated rings. The van der Waals surface area contributed by atoms with Crippen LogP contribution < -0.4 is 14.4 Å². The van der Waals surface area contributed by atoms with Crippen LogP contribution in [-0.4, -0.2) is 51.9 Å². The maximum absolute atomic E-state index is 13.8. The van der Waals surface area contributed by atoms with Crippen molar-refractivity contribution in [3.05, 3.63) is 87.9 Å². The Hall–Kier alpha value is -3.08. The Kier molecular flexibility index (Phi) is 9.58. The Balaban J connectivity index is 2.03. The molecule has 0 bridgehead atoms. The van der Waals surface area contributed by atoms with Gasteiger partial charge in [-0.15, -0.1) is 0 Å². The van der Waals surface area contributed by atoms with E-state index in [1.54, 1.807) is 25.1 Å². The van der Waals surface area contributed by atoms with Gasteiger partial charge in [0, 0.05) is 23.1 Å². The number of nitrogens with zero attached hydrogens (tertiary/aromatic N) is 2. The Bertz CT molecular complexity index is 1370. The van der Waals surface area contributed by atoms with Crippen molar-refractivity contribution >= 4 is 55.1 Å². The van der Waals surface area contributed by atoms with Crippen LogP contribution in [0.3, 0.4) is 0 Å². The molecule has 196 valence electrons. The molecule has 0 saturated carbocycles. The van der Waals surface area contributed by atoms with Gasteiger partial charge in [0.15, 0.2) is 0 Å². The molecule has 0 aromatic heterocycles. The SMILES string of the molecule is CNC(=O)[C@@H](C)N(Cc1cccc(Br)c1)C(=O)CN(c1cccc(Cl)c1)S(=O)(=O)c1ccc(OC)cc1. The van der Waals surface area contributed by atoms with Crippen molar-refractivity contribution in [3.63, 3.8) is 0 Å². The Morgan fingerprint density at radius 2 is 1.73 bits per heavy atom. The zero-order valence-corrected chi connectivity index (χ0v) is 23.7. The van der Waals surface area contributed by atoms with Crippen molar-refractivity contribution in [2.24, 2.45) is 0 Å². The topological polar surface area (TPSA) is 96.0 Å². The summed E-state index contributed by atoms with van der Waals surface area (Å²) in [7, 11) is -1.23. The van der Waals surface area contributed by atoms with Crippen LogP contribution in [0.2, 0.25) is 5.02 Å². The maximum atomic E-state index is 13.8. The number of rotatable bonds is 10. The van der Waals surface area contributed by atoms with Gasteiger partial charge in [-0.25, -0.2) is 8.42 Å². The molecule has 11 heteroatoms. The fourth-order valence-corrected chi connectivity index (χ4v) is 5.70. The Morgan fingerprint density at radius 3 is 2.32 bits per heavy atom. The first-order valence-electron chi connectivity index (χ1n) is 11.2. The highest BCUT2D eigenvalue weighted by molar-refractivity contribution is 9.10. The van der Waals surface area contributed by atoms with Crippen LogP contribution in [0.5, 0.6) is 5.75 Å². The second-order valence-electron chi connectivity index (χ2n) is 8.11. The number of carbonyl (C=O) groups is 2. The van der Waals surface area contributed by atoms with E-state index in [4.69, 9.17) is 16.3 Å². The molecule has 1 atom stereocenters. The van der Waals surface area contributed by atoms with Crippen molar-refractivity contribution in [3.8, 4) is 5.75 Å². The number of likely N-dealkylation sites (N-methyl/N-ethyl adjacent to an activating group) is 1. The molecule has 0 heterocycles. The normalized spacial score (nSPS) is 11.9. The lowest BCUT2D eigenvalue weighted by Gasteiger charge is -2.31. The van der Waals surface area contributed by atoms with Gasteiger partial charge in [-0.2, -0.15) is 0 Å². The molecule has 0 radical (unpaired) electrons. The molecule has 0 spiro atoms. The Labute approximate surface area is 230 Å². The molecule has 0 aliphatic rings. The molecule has 3 rings (SSSR count). The zero-order chi connectivity index (χ0) is 27.2. The molecule has 2 amide bonds. The fraction of sp³-hybridized carbons (Fsp3) is 0.231. The van der Waals surface area contributed by atoms with Gasteiger partial charge in [-0.1, -0.05) is 45.7 Å². The first-order valence-corrected chi connectivity index (χ1v) is 13.9. The third-order valence-electron chi connectivity index (χ3n) is 5.68. The summed E-state index contributed by atoms with van der Waals surface area (Å²) in [6.45, 7) is 1.14. The number of anilines is 1. The molecule has 0 saturated heterocycles. The molecule has 3 aromatic carbocycles. The predicted octanol–water partition coefficient (Wildman–Crippen LogP) is 4.47. The standard InChI is InChI=1S/C26H27BrClN3O5S/c1-18(26(33)29-2)30(16-19-6-4-7-20(27)14-19)25(32)17-31(22-9-5-8-21(28)15-22)37(34,35)24-12-10-23(36-3)11-13-24/h4-15,18H,16-17H2,1-3H3,(H,29,33)/t18-/m1/s1. The number of hydrogen-bond donors (Lipinski definition) is 1. The summed E-state index contributed by atoms with van der Waals surface area (Å²) >= 11 is 9.58. The van der Waals surface area contributed by atoms with E-state index in [9.17, 15) is 18.0 Å². The molecule has 0 aliphatic carbocycles. The van der Waals surface area contributed by atoms with Crippen LogP contribution in [0.1, 0.15) is 12.5 Å². The number of hydrogen-bond acceptors (Lipinski definition) is 5. The van der Waals surface area contributed by atoms with Gasteiger partial charge in [0.2, 0.25) is 11.8 Å². The summed E-state index contributed by atoms with van der Waals surface area (Å²) in [5.74, 6) is -0.451. The lowest BCUT2D eigenvalue weighted by Crippen LogP contribution is -2.50. The van der Waals surface area contributed by atoms with Crippen molar-refractivity contribution in [1.82, 2.24) is 10.2 Å². The van der Waals surface area contributed by atoms with Crippen molar-refractivity contribution in [2.45, 2.75) is 24.4 Å². The number of nitrogens with one attached hydrogen (secondary N) is 1. The highest BCUT2D eigenvalue weighted by atomic mass is 79.9. The second-order valence-corrected chi connectivity index (χ2v) is 11.3. The summed E-state index contributed by atoms with van der Waals surface area (Å²) in [6.07, 6.45) is 0. The summed E-state index contributed by atoms with van der Waals surface area (Å²) in [5, 5.41) is 2.86. The number of benzene rings is 3. The van der Waals surface area contributed by atoms with E-state index >= 15 is 0 Å². The van der Waals surface area contributed by atoms with E-state index in [1.807, 2.05) is 24.3 Å². The minimum absolute atomic E-state index is 0.0287. The minimum Gasteiger partial charge on any atom is -0.497 e. The van der Waals surface area contributed by atoms with E-state index < -0.39 is 28.5 Å². The average molecular weight is 609 g/mol. The minimum atomic E-state index is -4.19. The van der Waals surface area contributed by atoms with Gasteiger partial charge in [-0.05, 0) is 67.1 Å². The number of amides is 2. The smallest absolute Gasteiger partial charge is 0.264 e. The first-order chi connectivity index (χ1) is 17.6. The van der Waals surface area contributed by atoms with Crippen molar-refractivity contribution in [1.29, 1.82) is 0 Å². The average Bonchev–Trinajstić information content (AvgIpc) is 2.89. The highest BCUT2D eigenvalue weighted by Crippen LogP contribution is 2.28. The van der Waals surface area contributed by atoms with Crippen LogP contribution in [0, 0.1) is 0 Å². The molecule has 0 unspecified atom stereocenters. The third kappa shape index (κ3) is 7.03. The van der Waals surface area contributed by atoms with E-state index in [0.717, 1.165) is 14.3 Å². The van der Waals surface area contributed by atoms with Crippen LogP contribution >= 0.6 is 27.5 Å². The lowest BCUT2D eigenvalue weighted by molar-refractivity contribution is -0.139. The van der Waals surface area contributed by atoms with Gasteiger partial charge < -0.3 is 15.0 Å². The summed E-state index contributed by atoms with van der Waals surface area (Å²) in [5.41, 5.74) is 0.984. The first kappa shape index (κ1) is 28.5. The zero-order valence-electron chi connectivity index (χ0n) is 20.5. The summed E-state index contributed by atoms with van der Waals surface area (Å²) in [6, 6.07) is 18.6. The van der Waals surface area contributed by atoms with Gasteiger partial charge >= 0.3 is 0 Å². The monoisotopic (exact) mass is 607 g/mol. The predicted molar refractivity (Wildman–Crippen MR) is 147 cm³/mol. The molecule has 0 aliphatic heterocycles. The fourth-order valence-electron chi connectivity index (χ4n) is 3.66. The van der Waals surface area contributed by atoms with Crippen molar-refractivity contribution in [2.75, 3.05) is 25.0 Å². The van der Waals surface area contributed by atoms with Crippen LogP contribution in [0.15, 0.2) is 82.2 Å². The van der Waals surface area contributed by atoms with Crippen LogP contribution in [-0.2, 0) is 26.2 Å². The van der Waals surface area contributed by atoms with E-state index in [0.29, 0.717) is 10.8 Å². The highest BCUT2D eigenvalue weighted by Gasteiger charge is 2.32. The van der Waals surface area contributed by atoms with Crippen molar-refractivity contribution < 1.29 is 22.7 Å². The molecular formula is C26H27BrClN3O5S. The molecule has 8 nitrogen and oxygen atoms in total. The molecule has 3 aromatic rings. The largest absolute Gasteiger partial charge is 0.497 e. The van der Waals surface area contributed by atoms with Gasteiger partial charge in [0.25, 0.3) is 10.0 Å². The second kappa shape index (κ2) is 12.4. The molecular weight excluding hydrogens is 582 g/mol. The van der Waals surface area contributed by atoms with Crippen LogP contribution in [0.4, 0.5) is 5.69 Å². The Morgan fingerprint density at radius 1 is 1.05 bits per heavy atom. The number of ether oxygens (including phenoxy) is 1. The maximum Gasteiger partial charge on any atom is 0.264 e. The lowest BCUT2D eigenvalue weighted by atomic mass is 10.1. The van der Waals surface area contributed by atoms with E-state index in [2.05, 4.69) is 21.2 Å². The number of methoxy groups -OCH3 is 1. The van der Waals surface area contributed by atoms with E-state index in [-0.39, 0.29) is 23.0 Å².